The maximum atomic E-state index is 12.4. The lowest BCUT2D eigenvalue weighted by Gasteiger charge is -2.09. The first-order chi connectivity index (χ1) is 12.4. The molecule has 0 saturated carbocycles. The number of hydrogen-bond donors (Lipinski definition) is 1. The Labute approximate surface area is 152 Å². The van der Waals surface area contributed by atoms with Crippen molar-refractivity contribution in [1.82, 2.24) is 0 Å². The summed E-state index contributed by atoms with van der Waals surface area (Å²) in [5.41, 5.74) is 0.947. The van der Waals surface area contributed by atoms with Crippen LogP contribution in [0, 0.1) is 0 Å². The zero-order valence-corrected chi connectivity index (χ0v) is 14.9. The van der Waals surface area contributed by atoms with Crippen molar-refractivity contribution in [1.29, 1.82) is 0 Å². The van der Waals surface area contributed by atoms with Gasteiger partial charge in [-0.3, -0.25) is 4.79 Å². The standard InChI is InChI=1S/C20H17NO4S/c1-26(23,24)19-12-10-16(11-13-19)21-20(22)15-6-5-9-18(14-15)25-17-7-3-2-4-8-17/h2-14H,1H3,(H,21,22). The average Bonchev–Trinajstić information content (AvgIpc) is 2.62. The van der Waals surface area contributed by atoms with Gasteiger partial charge < -0.3 is 10.1 Å². The van der Waals surface area contributed by atoms with Crippen molar-refractivity contribution in [2.45, 2.75) is 4.90 Å². The lowest BCUT2D eigenvalue weighted by atomic mass is 10.2. The zero-order chi connectivity index (χ0) is 18.6. The summed E-state index contributed by atoms with van der Waals surface area (Å²) in [7, 11) is -3.26. The van der Waals surface area contributed by atoms with Crippen molar-refractivity contribution in [3.05, 3.63) is 84.4 Å². The predicted molar refractivity (Wildman–Crippen MR) is 100 cm³/mol. The Morgan fingerprint density at radius 1 is 0.846 bits per heavy atom. The molecule has 0 aliphatic carbocycles. The van der Waals surface area contributed by atoms with Crippen molar-refractivity contribution < 1.29 is 17.9 Å². The summed E-state index contributed by atoms with van der Waals surface area (Å²) in [5.74, 6) is 0.924. The van der Waals surface area contributed by atoms with Crippen molar-refractivity contribution >= 4 is 21.4 Å². The number of carbonyl (C=O) groups is 1. The number of nitrogens with one attached hydrogen (secondary N) is 1. The van der Waals surface area contributed by atoms with Crippen molar-refractivity contribution in [2.75, 3.05) is 11.6 Å². The zero-order valence-electron chi connectivity index (χ0n) is 14.0. The maximum Gasteiger partial charge on any atom is 0.255 e. The number of amides is 1. The van der Waals surface area contributed by atoms with Crippen LogP contribution in [0.25, 0.3) is 0 Å². The minimum atomic E-state index is -3.26. The number of para-hydroxylation sites is 1. The summed E-state index contributed by atoms with van der Waals surface area (Å²) in [4.78, 5) is 12.6. The smallest absolute Gasteiger partial charge is 0.255 e. The Bertz CT molecular complexity index is 1010. The lowest BCUT2D eigenvalue weighted by molar-refractivity contribution is 0.102. The largest absolute Gasteiger partial charge is 0.457 e. The molecule has 0 aliphatic heterocycles. The Balaban J connectivity index is 1.73. The highest BCUT2D eigenvalue weighted by atomic mass is 32.2. The highest BCUT2D eigenvalue weighted by molar-refractivity contribution is 7.90. The second-order valence-electron chi connectivity index (χ2n) is 5.69. The molecule has 5 nitrogen and oxygen atoms in total. The topological polar surface area (TPSA) is 72.5 Å². The molecule has 3 aromatic rings. The molecule has 0 atom stereocenters. The molecule has 3 aromatic carbocycles. The van der Waals surface area contributed by atoms with E-state index in [9.17, 15) is 13.2 Å². The van der Waals surface area contributed by atoms with E-state index in [2.05, 4.69) is 5.32 Å². The first kappa shape index (κ1) is 17.7. The normalized spacial score (nSPS) is 11.0. The molecule has 0 unspecified atom stereocenters. The van der Waals surface area contributed by atoms with Crippen LogP contribution < -0.4 is 10.1 Å². The average molecular weight is 367 g/mol. The fourth-order valence-corrected chi connectivity index (χ4v) is 2.94. The Morgan fingerprint density at radius 2 is 1.50 bits per heavy atom. The van der Waals surface area contributed by atoms with Crippen molar-refractivity contribution in [3.63, 3.8) is 0 Å². The van der Waals surface area contributed by atoms with E-state index in [-0.39, 0.29) is 10.8 Å². The van der Waals surface area contributed by atoms with Crippen LogP contribution in [0.2, 0.25) is 0 Å². The number of ether oxygens (including phenoxy) is 1. The van der Waals surface area contributed by atoms with Crippen LogP contribution >= 0.6 is 0 Å². The molecule has 0 heterocycles. The van der Waals surface area contributed by atoms with Gasteiger partial charge in [-0.25, -0.2) is 8.42 Å². The molecule has 0 radical (unpaired) electrons. The van der Waals surface area contributed by atoms with Gasteiger partial charge in [0, 0.05) is 17.5 Å². The summed E-state index contributed by atoms with van der Waals surface area (Å²) < 4.78 is 28.7. The van der Waals surface area contributed by atoms with Gasteiger partial charge >= 0.3 is 0 Å². The van der Waals surface area contributed by atoms with Crippen LogP contribution in [0.1, 0.15) is 10.4 Å². The van der Waals surface area contributed by atoms with Gasteiger partial charge in [0.25, 0.3) is 5.91 Å². The minimum Gasteiger partial charge on any atom is -0.457 e. The van der Waals surface area contributed by atoms with E-state index in [1.165, 1.54) is 12.1 Å². The fourth-order valence-electron chi connectivity index (χ4n) is 2.31. The first-order valence-corrected chi connectivity index (χ1v) is 9.75. The van der Waals surface area contributed by atoms with E-state index in [1.54, 1.807) is 36.4 Å². The number of hydrogen-bond acceptors (Lipinski definition) is 4. The molecule has 1 N–H and O–H groups in total. The monoisotopic (exact) mass is 367 g/mol. The highest BCUT2D eigenvalue weighted by Gasteiger charge is 2.10. The van der Waals surface area contributed by atoms with Crippen molar-refractivity contribution in [2.24, 2.45) is 0 Å². The third kappa shape index (κ3) is 4.49. The maximum absolute atomic E-state index is 12.4. The summed E-state index contributed by atoms with van der Waals surface area (Å²) in [5, 5.41) is 2.74. The van der Waals surface area contributed by atoms with Crippen LogP contribution in [0.4, 0.5) is 5.69 Å². The molecule has 0 saturated heterocycles. The predicted octanol–water partition coefficient (Wildman–Crippen LogP) is 4.13. The third-order valence-electron chi connectivity index (χ3n) is 3.62. The summed E-state index contributed by atoms with van der Waals surface area (Å²) in [6.45, 7) is 0. The van der Waals surface area contributed by atoms with Gasteiger partial charge in [-0.05, 0) is 54.6 Å². The van der Waals surface area contributed by atoms with Crippen LogP contribution in [0.15, 0.2) is 83.8 Å². The number of carbonyl (C=O) groups excluding carboxylic acids is 1. The van der Waals surface area contributed by atoms with Gasteiger partial charge in [0.1, 0.15) is 11.5 Å². The van der Waals surface area contributed by atoms with Crippen LogP contribution in [0.3, 0.4) is 0 Å². The molecule has 0 bridgehead atoms. The van der Waals surface area contributed by atoms with Crippen LogP contribution in [-0.2, 0) is 9.84 Å². The van der Waals surface area contributed by atoms with E-state index in [4.69, 9.17) is 4.74 Å². The highest BCUT2D eigenvalue weighted by Crippen LogP contribution is 2.22. The number of sulfone groups is 1. The fraction of sp³-hybridized carbons (Fsp3) is 0.0500. The molecule has 0 aliphatic rings. The van der Waals surface area contributed by atoms with Gasteiger partial charge in [-0.1, -0.05) is 24.3 Å². The van der Waals surface area contributed by atoms with Crippen LogP contribution in [-0.4, -0.2) is 20.6 Å². The number of benzene rings is 3. The molecular formula is C20H17NO4S. The molecule has 3 rings (SSSR count). The molecule has 26 heavy (non-hydrogen) atoms. The van der Waals surface area contributed by atoms with Gasteiger partial charge in [0.15, 0.2) is 9.84 Å². The second-order valence-corrected chi connectivity index (χ2v) is 7.71. The van der Waals surface area contributed by atoms with E-state index < -0.39 is 9.84 Å². The molecule has 1 amide bonds. The minimum absolute atomic E-state index is 0.203. The Morgan fingerprint density at radius 3 is 2.15 bits per heavy atom. The Kier molecular flexibility index (Phi) is 5.04. The summed E-state index contributed by atoms with van der Waals surface area (Å²) in [6, 6.07) is 22.1. The molecular weight excluding hydrogens is 350 g/mol. The third-order valence-corrected chi connectivity index (χ3v) is 4.74. The molecule has 0 spiro atoms. The molecule has 6 heteroatoms. The van der Waals surface area contributed by atoms with Gasteiger partial charge in [-0.15, -0.1) is 0 Å². The van der Waals surface area contributed by atoms with Gasteiger partial charge in [0.05, 0.1) is 4.90 Å². The second kappa shape index (κ2) is 7.41. The first-order valence-electron chi connectivity index (χ1n) is 7.86. The van der Waals surface area contributed by atoms with E-state index in [1.807, 2.05) is 30.3 Å². The lowest BCUT2D eigenvalue weighted by Crippen LogP contribution is -2.12. The summed E-state index contributed by atoms with van der Waals surface area (Å²) >= 11 is 0. The number of anilines is 1. The van der Waals surface area contributed by atoms with Gasteiger partial charge in [0.2, 0.25) is 0 Å². The SMILES string of the molecule is CS(=O)(=O)c1ccc(NC(=O)c2cccc(Oc3ccccc3)c2)cc1. The van der Waals surface area contributed by atoms with E-state index in [0.717, 1.165) is 6.26 Å². The van der Waals surface area contributed by atoms with Crippen molar-refractivity contribution in [3.8, 4) is 11.5 Å². The quantitative estimate of drug-likeness (QED) is 0.736. The number of rotatable bonds is 5. The van der Waals surface area contributed by atoms with Crippen LogP contribution in [0.5, 0.6) is 11.5 Å². The van der Waals surface area contributed by atoms with E-state index in [0.29, 0.717) is 22.7 Å². The summed E-state index contributed by atoms with van der Waals surface area (Å²) in [6.07, 6.45) is 1.14. The van der Waals surface area contributed by atoms with E-state index >= 15 is 0 Å². The van der Waals surface area contributed by atoms with Gasteiger partial charge in [-0.2, -0.15) is 0 Å². The molecule has 0 fully saturated rings. The molecule has 0 aromatic heterocycles. The molecule has 132 valence electrons. The Hall–Kier alpha value is -3.12.